The maximum Gasteiger partial charge on any atom is 0.123 e. The molecule has 0 radical (unpaired) electrons. The second-order valence-electron chi connectivity index (χ2n) is 2.67. The molecular formula is C12H19BrO. The van der Waals surface area contributed by atoms with Crippen molar-refractivity contribution in [1.82, 2.24) is 0 Å². The maximum absolute atomic E-state index is 5.25. The predicted molar refractivity (Wildman–Crippen MR) is 66.0 cm³/mol. The fourth-order valence-corrected chi connectivity index (χ4v) is 1.77. The summed E-state index contributed by atoms with van der Waals surface area (Å²) in [5.41, 5.74) is 1.27. The Morgan fingerprint density at radius 1 is 1.29 bits per heavy atom. The highest BCUT2D eigenvalue weighted by molar-refractivity contribution is 9.10. The Morgan fingerprint density at radius 3 is 2.43 bits per heavy atom. The smallest absolute Gasteiger partial charge is 0.123 e. The molecule has 1 rings (SSSR count). The summed E-state index contributed by atoms with van der Waals surface area (Å²) in [7, 11) is 1.71. The van der Waals surface area contributed by atoms with E-state index in [-0.39, 0.29) is 0 Å². The average Bonchev–Trinajstić information content (AvgIpc) is 2.24. The van der Waals surface area contributed by atoms with Crippen LogP contribution in [0, 0.1) is 0 Å². The molecule has 80 valence electrons. The Kier molecular flexibility index (Phi) is 7.58. The number of hydrogen-bond donors (Lipinski definition) is 0. The summed E-state index contributed by atoms with van der Waals surface area (Å²) < 4.78 is 6.39. The van der Waals surface area contributed by atoms with E-state index in [1.807, 2.05) is 32.0 Å². The molecule has 0 fully saturated rings. The van der Waals surface area contributed by atoms with Gasteiger partial charge in [-0.05, 0) is 18.6 Å². The molecule has 0 bridgehead atoms. The molecule has 0 saturated heterocycles. The Morgan fingerprint density at radius 2 is 1.93 bits per heavy atom. The lowest BCUT2D eigenvalue weighted by molar-refractivity contribution is 0.409. The SMILES string of the molecule is CC.CCCc1c(Br)cccc1OC. The highest BCUT2D eigenvalue weighted by Crippen LogP contribution is 2.27. The van der Waals surface area contributed by atoms with Crippen molar-refractivity contribution in [3.8, 4) is 5.75 Å². The molecule has 0 unspecified atom stereocenters. The van der Waals surface area contributed by atoms with Gasteiger partial charge >= 0.3 is 0 Å². The van der Waals surface area contributed by atoms with Crippen LogP contribution in [0.1, 0.15) is 32.8 Å². The van der Waals surface area contributed by atoms with E-state index in [0.717, 1.165) is 23.1 Å². The largest absolute Gasteiger partial charge is 0.496 e. The van der Waals surface area contributed by atoms with Gasteiger partial charge in [0.1, 0.15) is 5.75 Å². The van der Waals surface area contributed by atoms with Gasteiger partial charge in [-0.2, -0.15) is 0 Å². The number of methoxy groups -OCH3 is 1. The summed E-state index contributed by atoms with van der Waals surface area (Å²) >= 11 is 3.51. The molecule has 0 saturated carbocycles. The van der Waals surface area contributed by atoms with Crippen molar-refractivity contribution in [2.75, 3.05) is 7.11 Å². The lowest BCUT2D eigenvalue weighted by Crippen LogP contribution is -1.92. The van der Waals surface area contributed by atoms with Gasteiger partial charge < -0.3 is 4.74 Å². The molecule has 14 heavy (non-hydrogen) atoms. The standard InChI is InChI=1S/C10H13BrO.C2H6/c1-3-5-8-9(11)6-4-7-10(8)12-2;1-2/h4,6-7H,3,5H2,1-2H3;1-2H3. The molecule has 0 atom stereocenters. The van der Waals surface area contributed by atoms with Gasteiger partial charge in [-0.15, -0.1) is 0 Å². The monoisotopic (exact) mass is 258 g/mol. The van der Waals surface area contributed by atoms with Crippen LogP contribution in [-0.4, -0.2) is 7.11 Å². The topological polar surface area (TPSA) is 9.23 Å². The second kappa shape index (κ2) is 7.86. The number of benzene rings is 1. The minimum atomic E-state index is 0.978. The summed E-state index contributed by atoms with van der Waals surface area (Å²) in [5, 5.41) is 0. The van der Waals surface area contributed by atoms with Gasteiger partial charge in [0.2, 0.25) is 0 Å². The van der Waals surface area contributed by atoms with Gasteiger partial charge in [0.15, 0.2) is 0 Å². The van der Waals surface area contributed by atoms with Gasteiger partial charge in [-0.3, -0.25) is 0 Å². The summed E-state index contributed by atoms with van der Waals surface area (Å²) in [5.74, 6) is 0.978. The molecule has 0 aliphatic rings. The molecule has 2 heteroatoms. The van der Waals surface area contributed by atoms with Crippen molar-refractivity contribution in [3.05, 3.63) is 28.2 Å². The van der Waals surface area contributed by atoms with Crippen LogP contribution in [0.5, 0.6) is 5.75 Å². The minimum Gasteiger partial charge on any atom is -0.496 e. The van der Waals surface area contributed by atoms with Gasteiger partial charge in [-0.25, -0.2) is 0 Å². The van der Waals surface area contributed by atoms with Crippen molar-refractivity contribution >= 4 is 15.9 Å². The Bertz CT molecular complexity index is 258. The van der Waals surface area contributed by atoms with E-state index < -0.39 is 0 Å². The Balaban J connectivity index is 0.000000791. The third-order valence-electron chi connectivity index (χ3n) is 1.80. The molecule has 1 aromatic rings. The van der Waals surface area contributed by atoms with Crippen LogP contribution in [0.4, 0.5) is 0 Å². The number of ether oxygens (including phenoxy) is 1. The third kappa shape index (κ3) is 3.70. The lowest BCUT2D eigenvalue weighted by Gasteiger charge is -2.08. The minimum absolute atomic E-state index is 0.978. The van der Waals surface area contributed by atoms with E-state index in [0.29, 0.717) is 0 Å². The molecule has 0 amide bonds. The predicted octanol–water partition coefficient (Wildman–Crippen LogP) is 4.44. The van der Waals surface area contributed by atoms with E-state index in [1.54, 1.807) is 7.11 Å². The Hall–Kier alpha value is -0.500. The normalized spacial score (nSPS) is 8.93. The van der Waals surface area contributed by atoms with E-state index in [9.17, 15) is 0 Å². The van der Waals surface area contributed by atoms with Crippen LogP contribution in [0.15, 0.2) is 22.7 Å². The maximum atomic E-state index is 5.25. The molecule has 0 spiro atoms. The first-order chi connectivity index (χ1) is 6.79. The molecule has 0 heterocycles. The zero-order chi connectivity index (χ0) is 11.0. The quantitative estimate of drug-likeness (QED) is 0.779. The van der Waals surface area contributed by atoms with E-state index >= 15 is 0 Å². The Labute approximate surface area is 95.6 Å². The first-order valence-corrected chi connectivity index (χ1v) is 5.90. The van der Waals surface area contributed by atoms with Crippen molar-refractivity contribution in [1.29, 1.82) is 0 Å². The summed E-state index contributed by atoms with van der Waals surface area (Å²) in [6, 6.07) is 6.03. The van der Waals surface area contributed by atoms with Gasteiger partial charge in [0, 0.05) is 10.0 Å². The summed E-state index contributed by atoms with van der Waals surface area (Å²) in [6.07, 6.45) is 2.20. The van der Waals surface area contributed by atoms with E-state index in [4.69, 9.17) is 4.74 Å². The number of hydrogen-bond acceptors (Lipinski definition) is 1. The second-order valence-corrected chi connectivity index (χ2v) is 3.52. The molecular weight excluding hydrogens is 240 g/mol. The van der Waals surface area contributed by atoms with Crippen LogP contribution in [-0.2, 0) is 6.42 Å². The van der Waals surface area contributed by atoms with Gasteiger partial charge in [-0.1, -0.05) is 49.2 Å². The third-order valence-corrected chi connectivity index (χ3v) is 2.54. The van der Waals surface area contributed by atoms with Crippen LogP contribution >= 0.6 is 15.9 Å². The molecule has 0 aliphatic carbocycles. The average molecular weight is 259 g/mol. The van der Waals surface area contributed by atoms with Crippen molar-refractivity contribution in [2.45, 2.75) is 33.6 Å². The first-order valence-electron chi connectivity index (χ1n) is 5.11. The van der Waals surface area contributed by atoms with Crippen molar-refractivity contribution in [3.63, 3.8) is 0 Å². The number of halogens is 1. The fourth-order valence-electron chi connectivity index (χ4n) is 1.22. The molecule has 1 aromatic carbocycles. The first kappa shape index (κ1) is 13.5. The molecule has 0 N–H and O–H groups in total. The highest BCUT2D eigenvalue weighted by atomic mass is 79.9. The number of rotatable bonds is 3. The highest BCUT2D eigenvalue weighted by Gasteiger charge is 2.04. The zero-order valence-corrected chi connectivity index (χ0v) is 11.0. The zero-order valence-electron chi connectivity index (χ0n) is 9.43. The van der Waals surface area contributed by atoms with E-state index in [2.05, 4.69) is 22.9 Å². The van der Waals surface area contributed by atoms with E-state index in [1.165, 1.54) is 5.56 Å². The lowest BCUT2D eigenvalue weighted by atomic mass is 10.1. The summed E-state index contributed by atoms with van der Waals surface area (Å²) in [4.78, 5) is 0. The van der Waals surface area contributed by atoms with Crippen molar-refractivity contribution < 1.29 is 4.74 Å². The fraction of sp³-hybridized carbons (Fsp3) is 0.500. The van der Waals surface area contributed by atoms with Crippen molar-refractivity contribution in [2.24, 2.45) is 0 Å². The molecule has 0 aliphatic heterocycles. The molecule has 1 nitrogen and oxygen atoms in total. The van der Waals surface area contributed by atoms with Gasteiger partial charge in [0.25, 0.3) is 0 Å². The molecule has 0 aromatic heterocycles. The van der Waals surface area contributed by atoms with Gasteiger partial charge in [0.05, 0.1) is 7.11 Å². The van der Waals surface area contributed by atoms with Crippen LogP contribution in [0.25, 0.3) is 0 Å². The summed E-state index contributed by atoms with van der Waals surface area (Å²) in [6.45, 7) is 6.17. The van der Waals surface area contributed by atoms with Crippen LogP contribution in [0.3, 0.4) is 0 Å². The van der Waals surface area contributed by atoms with Crippen LogP contribution < -0.4 is 4.74 Å². The van der Waals surface area contributed by atoms with Crippen LogP contribution in [0.2, 0.25) is 0 Å².